The molecular weight excluding hydrogens is 368 g/mol. The minimum atomic E-state index is 0.558. The highest BCUT2D eigenvalue weighted by atomic mass is 32.2. The lowest BCUT2D eigenvalue weighted by molar-refractivity contribution is 0.458. The van der Waals surface area contributed by atoms with Crippen molar-refractivity contribution < 1.29 is 0 Å². The van der Waals surface area contributed by atoms with Crippen LogP contribution in [0.25, 0.3) is 0 Å². The highest BCUT2D eigenvalue weighted by Gasteiger charge is 2.25. The van der Waals surface area contributed by atoms with Crippen molar-refractivity contribution >= 4 is 17.7 Å². The molecule has 1 aromatic heterocycles. The number of nitrogens with zero attached hydrogens (tertiary/aromatic N) is 5. The van der Waals surface area contributed by atoms with Crippen LogP contribution in [-0.2, 0) is 20.0 Å². The van der Waals surface area contributed by atoms with Gasteiger partial charge in [-0.3, -0.25) is 0 Å². The predicted octanol–water partition coefficient (Wildman–Crippen LogP) is 2.89. The summed E-state index contributed by atoms with van der Waals surface area (Å²) >= 11 is 1.89. The number of thioether (sulfide) groups is 1. The van der Waals surface area contributed by atoms with Crippen molar-refractivity contribution in [1.82, 2.24) is 25.0 Å². The maximum absolute atomic E-state index is 4.89. The minimum Gasteiger partial charge on any atom is -0.356 e. The fraction of sp³-hybridized carbons (Fsp3) is 0.571. The van der Waals surface area contributed by atoms with Gasteiger partial charge in [-0.2, -0.15) is 11.8 Å². The number of benzene rings is 1. The van der Waals surface area contributed by atoms with Crippen molar-refractivity contribution in [3.8, 4) is 0 Å². The molecule has 1 aliphatic rings. The van der Waals surface area contributed by atoms with Gasteiger partial charge >= 0.3 is 0 Å². The lowest BCUT2D eigenvalue weighted by Gasteiger charge is -2.22. The third kappa shape index (κ3) is 5.74. The van der Waals surface area contributed by atoms with E-state index in [1.54, 1.807) is 0 Å². The van der Waals surface area contributed by atoms with Crippen LogP contribution < -0.4 is 5.32 Å². The summed E-state index contributed by atoms with van der Waals surface area (Å²) in [4.78, 5) is 7.30. The van der Waals surface area contributed by atoms with Crippen molar-refractivity contribution in [2.75, 3.05) is 31.6 Å². The molecule has 0 bridgehead atoms. The Bertz CT molecular complexity index is 758. The summed E-state index contributed by atoms with van der Waals surface area (Å²) in [6.07, 6.45) is 5.65. The molecule has 1 saturated heterocycles. The number of guanidine groups is 1. The van der Waals surface area contributed by atoms with Crippen molar-refractivity contribution in [2.45, 2.75) is 32.7 Å². The molecule has 7 heteroatoms. The number of nitrogens with one attached hydrogen (secondary N) is 1. The molecule has 0 radical (unpaired) electrons. The van der Waals surface area contributed by atoms with E-state index in [1.807, 2.05) is 30.3 Å². The first-order valence-electron chi connectivity index (χ1n) is 10.1. The Balaban J connectivity index is 1.62. The van der Waals surface area contributed by atoms with Crippen molar-refractivity contribution in [3.63, 3.8) is 0 Å². The highest BCUT2D eigenvalue weighted by molar-refractivity contribution is 7.98. The summed E-state index contributed by atoms with van der Waals surface area (Å²) in [6, 6.07) is 10.8. The van der Waals surface area contributed by atoms with E-state index in [0.29, 0.717) is 12.5 Å². The molecule has 2 aromatic rings. The Hall–Kier alpha value is -2.02. The summed E-state index contributed by atoms with van der Waals surface area (Å²) < 4.78 is 2.01. The van der Waals surface area contributed by atoms with Crippen LogP contribution in [0.2, 0.25) is 0 Å². The van der Waals surface area contributed by atoms with Gasteiger partial charge in [-0.15, -0.1) is 10.2 Å². The zero-order valence-electron chi connectivity index (χ0n) is 17.3. The van der Waals surface area contributed by atoms with E-state index in [2.05, 4.69) is 57.0 Å². The first-order chi connectivity index (χ1) is 13.7. The SMILES string of the molecule is CSCCCNC(=NCc1nnc(C)n1C)N1CCC(Cc2ccccc2)C1. The Morgan fingerprint density at radius 2 is 2.11 bits per heavy atom. The number of aliphatic imine (C=N–C) groups is 1. The monoisotopic (exact) mass is 400 g/mol. The second-order valence-corrected chi connectivity index (χ2v) is 8.41. The van der Waals surface area contributed by atoms with Gasteiger partial charge in [0.05, 0.1) is 0 Å². The van der Waals surface area contributed by atoms with Crippen LogP contribution in [-0.4, -0.2) is 57.3 Å². The van der Waals surface area contributed by atoms with Gasteiger partial charge in [0, 0.05) is 26.7 Å². The molecular formula is C21H32N6S. The van der Waals surface area contributed by atoms with Crippen LogP contribution in [0.3, 0.4) is 0 Å². The number of hydrogen-bond acceptors (Lipinski definition) is 4. The van der Waals surface area contributed by atoms with Crippen LogP contribution in [0.5, 0.6) is 0 Å². The molecule has 1 atom stereocenters. The van der Waals surface area contributed by atoms with Crippen molar-refractivity contribution in [3.05, 3.63) is 47.5 Å². The third-order valence-electron chi connectivity index (χ3n) is 5.31. The highest BCUT2D eigenvalue weighted by Crippen LogP contribution is 2.21. The number of hydrogen-bond donors (Lipinski definition) is 1. The van der Waals surface area contributed by atoms with E-state index in [1.165, 1.54) is 17.7 Å². The van der Waals surface area contributed by atoms with E-state index in [9.17, 15) is 0 Å². The Morgan fingerprint density at radius 3 is 2.82 bits per heavy atom. The molecule has 2 heterocycles. The van der Waals surface area contributed by atoms with Gasteiger partial charge in [-0.05, 0) is 49.7 Å². The molecule has 0 spiro atoms. The van der Waals surface area contributed by atoms with Gasteiger partial charge < -0.3 is 14.8 Å². The van der Waals surface area contributed by atoms with Gasteiger partial charge in [0.2, 0.25) is 0 Å². The van der Waals surface area contributed by atoms with E-state index in [4.69, 9.17) is 4.99 Å². The molecule has 152 valence electrons. The second-order valence-electron chi connectivity index (χ2n) is 7.43. The van der Waals surface area contributed by atoms with Gasteiger partial charge in [0.1, 0.15) is 12.4 Å². The Labute approximate surface area is 172 Å². The van der Waals surface area contributed by atoms with Crippen LogP contribution in [0.4, 0.5) is 0 Å². The summed E-state index contributed by atoms with van der Waals surface area (Å²) in [7, 11) is 2.00. The molecule has 1 aliphatic heterocycles. The fourth-order valence-electron chi connectivity index (χ4n) is 3.56. The quantitative estimate of drug-likeness (QED) is 0.419. The average molecular weight is 401 g/mol. The largest absolute Gasteiger partial charge is 0.356 e. The maximum atomic E-state index is 4.89. The van der Waals surface area contributed by atoms with E-state index in [0.717, 1.165) is 50.1 Å². The Kier molecular flexibility index (Phi) is 7.77. The topological polar surface area (TPSA) is 58.3 Å². The zero-order chi connectivity index (χ0) is 19.8. The van der Waals surface area contributed by atoms with Gasteiger partial charge in [-0.1, -0.05) is 30.3 Å². The zero-order valence-corrected chi connectivity index (χ0v) is 18.1. The van der Waals surface area contributed by atoms with Gasteiger partial charge in [-0.25, -0.2) is 4.99 Å². The molecule has 1 aromatic carbocycles. The van der Waals surface area contributed by atoms with Crippen molar-refractivity contribution in [2.24, 2.45) is 18.0 Å². The van der Waals surface area contributed by atoms with Crippen molar-refractivity contribution in [1.29, 1.82) is 0 Å². The van der Waals surface area contributed by atoms with Crippen LogP contribution in [0.1, 0.15) is 30.1 Å². The molecule has 1 N–H and O–H groups in total. The minimum absolute atomic E-state index is 0.558. The average Bonchev–Trinajstić information content (AvgIpc) is 3.30. The summed E-state index contributed by atoms with van der Waals surface area (Å²) in [5, 5.41) is 12.0. The van der Waals surface area contributed by atoms with E-state index >= 15 is 0 Å². The summed E-state index contributed by atoms with van der Waals surface area (Å²) in [5.41, 5.74) is 1.43. The fourth-order valence-corrected chi connectivity index (χ4v) is 3.99. The van der Waals surface area contributed by atoms with Crippen LogP contribution in [0, 0.1) is 12.8 Å². The number of likely N-dealkylation sites (tertiary alicyclic amines) is 1. The lowest BCUT2D eigenvalue weighted by atomic mass is 9.99. The summed E-state index contributed by atoms with van der Waals surface area (Å²) in [6.45, 7) is 5.60. The molecule has 1 fully saturated rings. The first kappa shape index (κ1) is 20.7. The molecule has 0 amide bonds. The van der Waals surface area contributed by atoms with E-state index < -0.39 is 0 Å². The third-order valence-corrected chi connectivity index (χ3v) is 6.01. The van der Waals surface area contributed by atoms with Gasteiger partial charge in [0.25, 0.3) is 0 Å². The second kappa shape index (κ2) is 10.5. The Morgan fingerprint density at radius 1 is 1.29 bits per heavy atom. The lowest BCUT2D eigenvalue weighted by Crippen LogP contribution is -2.41. The molecule has 1 unspecified atom stereocenters. The first-order valence-corrected chi connectivity index (χ1v) is 11.5. The molecule has 6 nitrogen and oxygen atoms in total. The maximum Gasteiger partial charge on any atom is 0.194 e. The normalized spacial score (nSPS) is 17.3. The van der Waals surface area contributed by atoms with Crippen LogP contribution >= 0.6 is 11.8 Å². The number of aryl methyl sites for hydroxylation is 1. The van der Waals surface area contributed by atoms with Crippen LogP contribution in [0.15, 0.2) is 35.3 Å². The smallest absolute Gasteiger partial charge is 0.194 e. The summed E-state index contributed by atoms with van der Waals surface area (Å²) in [5.74, 6) is 4.68. The number of rotatable bonds is 8. The predicted molar refractivity (Wildman–Crippen MR) is 118 cm³/mol. The van der Waals surface area contributed by atoms with Gasteiger partial charge in [0.15, 0.2) is 11.8 Å². The molecule has 3 rings (SSSR count). The molecule has 0 aliphatic carbocycles. The molecule has 28 heavy (non-hydrogen) atoms. The number of aromatic nitrogens is 3. The van der Waals surface area contributed by atoms with E-state index in [-0.39, 0.29) is 0 Å². The standard InChI is InChI=1S/C21H32N6S/c1-17-24-25-20(26(17)2)15-23-21(22-11-7-13-28-3)27-12-10-19(16-27)14-18-8-5-4-6-9-18/h4-6,8-9,19H,7,10-16H2,1-3H3,(H,22,23). The molecule has 0 saturated carbocycles.